The van der Waals surface area contributed by atoms with Crippen LogP contribution in [0, 0.1) is 0 Å². The molecule has 0 aliphatic rings. The van der Waals surface area contributed by atoms with Gasteiger partial charge < -0.3 is 10.1 Å². The molecule has 1 aromatic rings. The summed E-state index contributed by atoms with van der Waals surface area (Å²) in [7, 11) is 0. The van der Waals surface area contributed by atoms with Gasteiger partial charge >= 0.3 is 5.97 Å². The maximum absolute atomic E-state index is 11.6. The lowest BCUT2D eigenvalue weighted by Crippen LogP contribution is -2.06. The molecule has 0 saturated carbocycles. The molecule has 0 radical (unpaired) electrons. The fourth-order valence-electron chi connectivity index (χ4n) is 1.59. The van der Waals surface area contributed by atoms with Gasteiger partial charge in [0.25, 0.3) is 0 Å². The van der Waals surface area contributed by atoms with Crippen LogP contribution >= 0.6 is 27.7 Å². The number of esters is 1. The molecule has 0 atom stereocenters. The van der Waals surface area contributed by atoms with E-state index in [1.54, 1.807) is 19.1 Å². The van der Waals surface area contributed by atoms with E-state index in [4.69, 9.17) is 4.74 Å². The highest BCUT2D eigenvalue weighted by molar-refractivity contribution is 9.10. The van der Waals surface area contributed by atoms with Crippen LogP contribution in [0.15, 0.2) is 22.7 Å². The van der Waals surface area contributed by atoms with Crippen molar-refractivity contribution in [2.45, 2.75) is 19.8 Å². The van der Waals surface area contributed by atoms with Crippen LogP contribution in [-0.2, 0) is 4.74 Å². The van der Waals surface area contributed by atoms with E-state index in [-0.39, 0.29) is 5.97 Å². The first-order chi connectivity index (χ1) is 9.19. The van der Waals surface area contributed by atoms with Crippen molar-refractivity contribution in [3.05, 3.63) is 28.2 Å². The summed E-state index contributed by atoms with van der Waals surface area (Å²) in [5, 5.41) is 3.36. The molecule has 0 heterocycles. The Labute approximate surface area is 127 Å². The van der Waals surface area contributed by atoms with E-state index in [1.165, 1.54) is 12.2 Å². The molecule has 3 nitrogen and oxygen atoms in total. The second-order valence-electron chi connectivity index (χ2n) is 4.04. The van der Waals surface area contributed by atoms with E-state index < -0.39 is 0 Å². The fraction of sp³-hybridized carbons (Fsp3) is 0.500. The number of carbonyl (C=O) groups excluding carboxylic acids is 1. The van der Waals surface area contributed by atoms with Crippen molar-refractivity contribution in [3.8, 4) is 0 Å². The van der Waals surface area contributed by atoms with Crippen LogP contribution in [0.4, 0.5) is 5.69 Å². The molecule has 19 heavy (non-hydrogen) atoms. The number of unbranched alkanes of at least 4 members (excludes halogenated alkanes) is 1. The minimum Gasteiger partial charge on any atom is -0.462 e. The van der Waals surface area contributed by atoms with Crippen LogP contribution in [-0.4, -0.2) is 31.1 Å². The van der Waals surface area contributed by atoms with Gasteiger partial charge in [-0.15, -0.1) is 0 Å². The zero-order valence-electron chi connectivity index (χ0n) is 11.4. The maximum Gasteiger partial charge on any atom is 0.338 e. The number of anilines is 1. The summed E-state index contributed by atoms with van der Waals surface area (Å²) in [5.74, 6) is 0.916. The standard InChI is InChI=1S/C14H20BrNO2S/c1-3-18-14(17)11-6-7-13(12(15)10-11)16-8-4-5-9-19-2/h6-7,10,16H,3-5,8-9H2,1-2H3. The molecule has 0 saturated heterocycles. The molecule has 0 aliphatic heterocycles. The Morgan fingerprint density at radius 2 is 2.21 bits per heavy atom. The zero-order valence-corrected chi connectivity index (χ0v) is 13.8. The van der Waals surface area contributed by atoms with Crippen LogP contribution < -0.4 is 5.32 Å². The summed E-state index contributed by atoms with van der Waals surface area (Å²) in [6.07, 6.45) is 4.48. The minimum atomic E-state index is -0.283. The first-order valence-corrected chi connectivity index (χ1v) is 8.57. The van der Waals surface area contributed by atoms with Gasteiger partial charge in [0.2, 0.25) is 0 Å². The molecule has 1 N–H and O–H groups in total. The van der Waals surface area contributed by atoms with Crippen molar-refractivity contribution in [2.75, 3.05) is 30.5 Å². The summed E-state index contributed by atoms with van der Waals surface area (Å²) < 4.78 is 5.86. The van der Waals surface area contributed by atoms with E-state index >= 15 is 0 Å². The summed E-state index contributed by atoms with van der Waals surface area (Å²) in [5.41, 5.74) is 1.58. The predicted octanol–water partition coefficient (Wildman–Crippen LogP) is 4.18. The highest BCUT2D eigenvalue weighted by Crippen LogP contribution is 2.24. The van der Waals surface area contributed by atoms with Crippen LogP contribution in [0.1, 0.15) is 30.1 Å². The van der Waals surface area contributed by atoms with Crippen LogP contribution in [0.5, 0.6) is 0 Å². The fourth-order valence-corrected chi connectivity index (χ4v) is 2.61. The molecule has 0 unspecified atom stereocenters. The normalized spacial score (nSPS) is 10.3. The number of benzene rings is 1. The summed E-state index contributed by atoms with van der Waals surface area (Å²) >= 11 is 5.35. The SMILES string of the molecule is CCOC(=O)c1ccc(NCCCCSC)c(Br)c1. The summed E-state index contributed by atoms with van der Waals surface area (Å²) in [6.45, 7) is 3.14. The molecule has 106 valence electrons. The third-order valence-electron chi connectivity index (χ3n) is 2.57. The summed E-state index contributed by atoms with van der Waals surface area (Å²) in [6, 6.07) is 5.49. The minimum absolute atomic E-state index is 0.283. The topological polar surface area (TPSA) is 38.3 Å². The van der Waals surface area contributed by atoms with Crippen molar-refractivity contribution in [1.82, 2.24) is 0 Å². The Morgan fingerprint density at radius 1 is 1.42 bits per heavy atom. The molecule has 0 amide bonds. The quantitative estimate of drug-likeness (QED) is 0.566. The molecule has 5 heteroatoms. The van der Waals surface area contributed by atoms with Crippen molar-refractivity contribution in [2.24, 2.45) is 0 Å². The van der Waals surface area contributed by atoms with Crippen LogP contribution in [0.25, 0.3) is 0 Å². The number of nitrogens with one attached hydrogen (secondary N) is 1. The van der Waals surface area contributed by atoms with Gasteiger partial charge in [-0.05, 0) is 65.9 Å². The van der Waals surface area contributed by atoms with E-state index in [0.717, 1.165) is 23.1 Å². The maximum atomic E-state index is 11.6. The monoisotopic (exact) mass is 345 g/mol. The zero-order chi connectivity index (χ0) is 14.1. The number of hydrogen-bond acceptors (Lipinski definition) is 4. The number of halogens is 1. The average molecular weight is 346 g/mol. The average Bonchev–Trinajstić information content (AvgIpc) is 2.40. The van der Waals surface area contributed by atoms with E-state index in [1.807, 2.05) is 17.8 Å². The highest BCUT2D eigenvalue weighted by atomic mass is 79.9. The molecule has 0 spiro atoms. The number of rotatable bonds is 8. The largest absolute Gasteiger partial charge is 0.462 e. The Balaban J connectivity index is 2.50. The molecular formula is C14H20BrNO2S. The number of ether oxygens (including phenoxy) is 1. The van der Waals surface area contributed by atoms with Gasteiger partial charge in [0.05, 0.1) is 12.2 Å². The Kier molecular flexibility index (Phi) is 7.98. The second kappa shape index (κ2) is 9.26. The first-order valence-electron chi connectivity index (χ1n) is 6.38. The van der Waals surface area contributed by atoms with Gasteiger partial charge in [-0.3, -0.25) is 0 Å². The smallest absolute Gasteiger partial charge is 0.338 e. The molecule has 0 bridgehead atoms. The van der Waals surface area contributed by atoms with E-state index in [0.29, 0.717) is 12.2 Å². The lowest BCUT2D eigenvalue weighted by Gasteiger charge is -2.10. The van der Waals surface area contributed by atoms with E-state index in [2.05, 4.69) is 27.5 Å². The molecule has 1 rings (SSSR count). The lowest BCUT2D eigenvalue weighted by atomic mass is 10.2. The molecular weight excluding hydrogens is 326 g/mol. The van der Waals surface area contributed by atoms with Gasteiger partial charge in [0, 0.05) is 16.7 Å². The number of thioether (sulfide) groups is 1. The van der Waals surface area contributed by atoms with Gasteiger partial charge in [0.1, 0.15) is 0 Å². The Hall–Kier alpha value is -0.680. The summed E-state index contributed by atoms with van der Waals surface area (Å²) in [4.78, 5) is 11.6. The Morgan fingerprint density at radius 3 is 2.84 bits per heavy atom. The number of carbonyl (C=O) groups is 1. The van der Waals surface area contributed by atoms with Crippen LogP contribution in [0.3, 0.4) is 0 Å². The van der Waals surface area contributed by atoms with Crippen molar-refractivity contribution in [3.63, 3.8) is 0 Å². The molecule has 0 aromatic heterocycles. The number of hydrogen-bond donors (Lipinski definition) is 1. The van der Waals surface area contributed by atoms with Crippen molar-refractivity contribution >= 4 is 39.3 Å². The van der Waals surface area contributed by atoms with Gasteiger partial charge in [0.15, 0.2) is 0 Å². The third-order valence-corrected chi connectivity index (χ3v) is 3.92. The lowest BCUT2D eigenvalue weighted by molar-refractivity contribution is 0.0526. The van der Waals surface area contributed by atoms with Crippen molar-refractivity contribution < 1.29 is 9.53 Å². The Bertz CT molecular complexity index is 412. The first kappa shape index (κ1) is 16.4. The molecule has 1 aromatic carbocycles. The highest BCUT2D eigenvalue weighted by Gasteiger charge is 2.08. The molecule has 0 aliphatic carbocycles. The van der Waals surface area contributed by atoms with E-state index in [9.17, 15) is 4.79 Å². The van der Waals surface area contributed by atoms with Crippen molar-refractivity contribution in [1.29, 1.82) is 0 Å². The van der Waals surface area contributed by atoms with Gasteiger partial charge in [-0.1, -0.05) is 0 Å². The van der Waals surface area contributed by atoms with Gasteiger partial charge in [-0.2, -0.15) is 11.8 Å². The third kappa shape index (κ3) is 5.87. The predicted molar refractivity (Wildman–Crippen MR) is 86.2 cm³/mol. The van der Waals surface area contributed by atoms with Gasteiger partial charge in [-0.25, -0.2) is 4.79 Å². The molecule has 0 fully saturated rings. The van der Waals surface area contributed by atoms with Crippen LogP contribution in [0.2, 0.25) is 0 Å². The second-order valence-corrected chi connectivity index (χ2v) is 5.88.